The standard InChI is InChI=1S/C23H17N5O2S/c1-30-19-9-4-10-20-21(19)27-23(31-20)28(14-15-6-5-11-24-12-15)22(29)18-13-25-16-7-2-3-8-17(16)26-18/h2-13H,14H2,1H3. The molecule has 0 saturated heterocycles. The van der Waals surface area contributed by atoms with Crippen LogP contribution in [0.1, 0.15) is 16.1 Å². The van der Waals surface area contributed by atoms with Crippen molar-refractivity contribution in [1.29, 1.82) is 0 Å². The number of rotatable bonds is 5. The fourth-order valence-electron chi connectivity index (χ4n) is 3.29. The number of nitrogens with zero attached hydrogens (tertiary/aromatic N) is 5. The molecule has 2 aromatic carbocycles. The highest BCUT2D eigenvalue weighted by Gasteiger charge is 2.24. The van der Waals surface area contributed by atoms with Gasteiger partial charge in [0.1, 0.15) is 17.0 Å². The number of fused-ring (bicyclic) bond motifs is 2. The molecule has 0 aliphatic rings. The zero-order valence-corrected chi connectivity index (χ0v) is 17.4. The highest BCUT2D eigenvalue weighted by Crippen LogP contribution is 2.35. The number of benzene rings is 2. The molecule has 0 aliphatic carbocycles. The molecule has 5 rings (SSSR count). The van der Waals surface area contributed by atoms with E-state index in [1.54, 1.807) is 24.4 Å². The molecular weight excluding hydrogens is 410 g/mol. The van der Waals surface area contributed by atoms with E-state index >= 15 is 0 Å². The molecule has 0 atom stereocenters. The van der Waals surface area contributed by atoms with E-state index in [0.29, 0.717) is 22.9 Å². The molecule has 5 aromatic rings. The summed E-state index contributed by atoms with van der Waals surface area (Å²) in [6.45, 7) is 0.309. The number of methoxy groups -OCH3 is 1. The first-order valence-corrected chi connectivity index (χ1v) is 10.4. The number of para-hydroxylation sites is 3. The summed E-state index contributed by atoms with van der Waals surface area (Å²) in [5.41, 5.74) is 3.27. The molecule has 7 nitrogen and oxygen atoms in total. The number of carbonyl (C=O) groups is 1. The molecule has 0 bridgehead atoms. The molecule has 3 heterocycles. The van der Waals surface area contributed by atoms with Crippen molar-refractivity contribution in [3.8, 4) is 5.75 Å². The van der Waals surface area contributed by atoms with Gasteiger partial charge in [0.2, 0.25) is 0 Å². The second-order valence-corrected chi connectivity index (χ2v) is 7.81. The summed E-state index contributed by atoms with van der Waals surface area (Å²) in [7, 11) is 1.61. The largest absolute Gasteiger partial charge is 0.494 e. The minimum absolute atomic E-state index is 0.258. The van der Waals surface area contributed by atoms with Gasteiger partial charge in [0.25, 0.3) is 5.91 Å². The van der Waals surface area contributed by atoms with Crippen molar-refractivity contribution in [2.75, 3.05) is 12.0 Å². The maximum Gasteiger partial charge on any atom is 0.280 e. The summed E-state index contributed by atoms with van der Waals surface area (Å²) < 4.78 is 6.37. The maximum absolute atomic E-state index is 13.6. The monoisotopic (exact) mass is 427 g/mol. The van der Waals surface area contributed by atoms with Gasteiger partial charge in [-0.1, -0.05) is 35.6 Å². The van der Waals surface area contributed by atoms with Crippen LogP contribution in [0.5, 0.6) is 5.75 Å². The number of amides is 1. The first-order valence-electron chi connectivity index (χ1n) is 9.59. The summed E-state index contributed by atoms with van der Waals surface area (Å²) >= 11 is 1.43. The summed E-state index contributed by atoms with van der Waals surface area (Å²) in [4.78, 5) is 33.0. The number of pyridine rings is 1. The Bertz CT molecular complexity index is 1390. The van der Waals surface area contributed by atoms with Crippen LogP contribution in [0, 0.1) is 0 Å². The van der Waals surface area contributed by atoms with E-state index in [-0.39, 0.29) is 11.6 Å². The molecule has 31 heavy (non-hydrogen) atoms. The van der Waals surface area contributed by atoms with E-state index in [2.05, 4.69) is 15.0 Å². The zero-order valence-electron chi connectivity index (χ0n) is 16.6. The van der Waals surface area contributed by atoms with Crippen LogP contribution in [-0.2, 0) is 6.54 Å². The second-order valence-electron chi connectivity index (χ2n) is 6.80. The molecule has 0 aliphatic heterocycles. The molecule has 0 unspecified atom stereocenters. The van der Waals surface area contributed by atoms with Crippen molar-refractivity contribution < 1.29 is 9.53 Å². The maximum atomic E-state index is 13.6. The lowest BCUT2D eigenvalue weighted by atomic mass is 10.2. The van der Waals surface area contributed by atoms with E-state index in [4.69, 9.17) is 9.72 Å². The van der Waals surface area contributed by atoms with Gasteiger partial charge in [-0.3, -0.25) is 19.7 Å². The van der Waals surface area contributed by atoms with Crippen molar-refractivity contribution in [2.45, 2.75) is 6.54 Å². The molecule has 3 aromatic heterocycles. The van der Waals surface area contributed by atoms with Crippen LogP contribution in [-0.4, -0.2) is 33.0 Å². The normalized spacial score (nSPS) is 11.0. The van der Waals surface area contributed by atoms with Crippen LogP contribution in [0.2, 0.25) is 0 Å². The van der Waals surface area contributed by atoms with Gasteiger partial charge in [0.15, 0.2) is 5.13 Å². The molecule has 0 radical (unpaired) electrons. The molecule has 0 spiro atoms. The minimum Gasteiger partial charge on any atom is -0.494 e. The highest BCUT2D eigenvalue weighted by molar-refractivity contribution is 7.22. The lowest BCUT2D eigenvalue weighted by Gasteiger charge is -2.19. The van der Waals surface area contributed by atoms with Gasteiger partial charge in [-0.15, -0.1) is 0 Å². The van der Waals surface area contributed by atoms with Gasteiger partial charge in [-0.25, -0.2) is 9.97 Å². The molecular formula is C23H17N5O2S. The minimum atomic E-state index is -0.278. The van der Waals surface area contributed by atoms with E-state index in [1.807, 2.05) is 54.6 Å². The number of ether oxygens (including phenoxy) is 1. The Kier molecular flexibility index (Phi) is 4.97. The van der Waals surface area contributed by atoms with E-state index in [0.717, 1.165) is 21.3 Å². The first kappa shape index (κ1) is 19.1. The fraction of sp³-hybridized carbons (Fsp3) is 0.0870. The zero-order chi connectivity index (χ0) is 21.2. The van der Waals surface area contributed by atoms with Crippen molar-refractivity contribution in [3.05, 3.63) is 84.4 Å². The van der Waals surface area contributed by atoms with Gasteiger partial charge >= 0.3 is 0 Å². The highest BCUT2D eigenvalue weighted by atomic mass is 32.1. The van der Waals surface area contributed by atoms with Gasteiger partial charge in [-0.05, 0) is 35.9 Å². The van der Waals surface area contributed by atoms with E-state index < -0.39 is 0 Å². The van der Waals surface area contributed by atoms with Gasteiger partial charge in [0, 0.05) is 12.4 Å². The van der Waals surface area contributed by atoms with Crippen molar-refractivity contribution in [2.24, 2.45) is 0 Å². The number of hydrogen-bond acceptors (Lipinski definition) is 7. The van der Waals surface area contributed by atoms with Crippen molar-refractivity contribution in [1.82, 2.24) is 19.9 Å². The van der Waals surface area contributed by atoms with Crippen LogP contribution < -0.4 is 9.64 Å². The quantitative estimate of drug-likeness (QED) is 0.411. The third-order valence-electron chi connectivity index (χ3n) is 4.80. The van der Waals surface area contributed by atoms with Gasteiger partial charge in [0.05, 0.1) is 35.6 Å². The predicted molar refractivity (Wildman–Crippen MR) is 120 cm³/mol. The third-order valence-corrected chi connectivity index (χ3v) is 5.84. The summed E-state index contributed by atoms with van der Waals surface area (Å²) in [5, 5.41) is 0.559. The Labute approximate surface area is 182 Å². The average Bonchev–Trinajstić information content (AvgIpc) is 3.26. The number of carbonyl (C=O) groups excluding carboxylic acids is 1. The number of thiazole rings is 1. The van der Waals surface area contributed by atoms with Crippen molar-refractivity contribution >= 4 is 43.6 Å². The van der Waals surface area contributed by atoms with Gasteiger partial charge < -0.3 is 4.74 Å². The van der Waals surface area contributed by atoms with Crippen LogP contribution in [0.3, 0.4) is 0 Å². The topological polar surface area (TPSA) is 81.1 Å². The Balaban J connectivity index is 1.60. The summed E-state index contributed by atoms with van der Waals surface area (Å²) in [6.07, 6.45) is 4.95. The second kappa shape index (κ2) is 8.08. The molecule has 0 saturated carbocycles. The lowest BCUT2D eigenvalue weighted by Crippen LogP contribution is -2.31. The third kappa shape index (κ3) is 3.69. The number of anilines is 1. The van der Waals surface area contributed by atoms with Crippen LogP contribution in [0.25, 0.3) is 21.3 Å². The average molecular weight is 427 g/mol. The Morgan fingerprint density at radius 2 is 1.87 bits per heavy atom. The lowest BCUT2D eigenvalue weighted by molar-refractivity contribution is 0.0980. The smallest absolute Gasteiger partial charge is 0.280 e. The Morgan fingerprint density at radius 3 is 2.68 bits per heavy atom. The van der Waals surface area contributed by atoms with Crippen LogP contribution >= 0.6 is 11.3 Å². The van der Waals surface area contributed by atoms with Crippen LogP contribution in [0.15, 0.2) is 73.2 Å². The van der Waals surface area contributed by atoms with E-state index in [1.165, 1.54) is 17.5 Å². The summed E-state index contributed by atoms with van der Waals surface area (Å²) in [5.74, 6) is 0.388. The Morgan fingerprint density at radius 1 is 1.00 bits per heavy atom. The predicted octanol–water partition coefficient (Wildman–Crippen LogP) is 4.49. The van der Waals surface area contributed by atoms with Gasteiger partial charge in [-0.2, -0.15) is 0 Å². The Hall–Kier alpha value is -3.91. The first-order chi connectivity index (χ1) is 15.2. The fourth-order valence-corrected chi connectivity index (χ4v) is 4.27. The van der Waals surface area contributed by atoms with E-state index in [9.17, 15) is 4.79 Å². The molecule has 1 amide bonds. The number of hydrogen-bond donors (Lipinski definition) is 0. The van der Waals surface area contributed by atoms with Crippen molar-refractivity contribution in [3.63, 3.8) is 0 Å². The van der Waals surface area contributed by atoms with Crippen LogP contribution in [0.4, 0.5) is 5.13 Å². The molecule has 152 valence electrons. The SMILES string of the molecule is COc1cccc2sc(N(Cc3cccnc3)C(=O)c3cnc4ccccc4n3)nc12. The summed E-state index contributed by atoms with van der Waals surface area (Å²) in [6, 6.07) is 17.0. The number of aromatic nitrogens is 4. The molecule has 0 N–H and O–H groups in total. The molecule has 0 fully saturated rings. The molecule has 8 heteroatoms.